The lowest BCUT2D eigenvalue weighted by Gasteiger charge is -2.16. The zero-order chi connectivity index (χ0) is 21.8. The second-order valence-electron chi connectivity index (χ2n) is 9.30. The van der Waals surface area contributed by atoms with Crippen LogP contribution in [0.25, 0.3) is 70.7 Å². The SMILES string of the molecule is Cc1ccc2c3ccccc3c3c4ccccc4n4c5cc6ccccc6[n+](C)c5c1c2c34. The molecule has 0 unspecified atom stereocenters. The first-order valence-electron chi connectivity index (χ1n) is 11.5. The van der Waals surface area contributed by atoms with Crippen LogP contribution in [0.4, 0.5) is 0 Å². The molecule has 3 aromatic heterocycles. The molecule has 33 heavy (non-hydrogen) atoms. The highest BCUT2D eigenvalue weighted by molar-refractivity contribution is 6.37. The second-order valence-corrected chi connectivity index (χ2v) is 9.30. The van der Waals surface area contributed by atoms with Crippen LogP contribution < -0.4 is 4.57 Å². The number of aryl methyl sites for hydroxylation is 2. The Morgan fingerprint density at radius 3 is 2.18 bits per heavy atom. The van der Waals surface area contributed by atoms with E-state index in [9.17, 15) is 0 Å². The van der Waals surface area contributed by atoms with Crippen molar-refractivity contribution in [1.82, 2.24) is 4.40 Å². The average Bonchev–Trinajstić information content (AvgIpc) is 3.21. The van der Waals surface area contributed by atoms with Gasteiger partial charge in [0.2, 0.25) is 11.0 Å². The molecule has 2 nitrogen and oxygen atoms in total. The van der Waals surface area contributed by atoms with Crippen LogP contribution >= 0.6 is 0 Å². The molecule has 0 radical (unpaired) electrons. The van der Waals surface area contributed by atoms with Crippen LogP contribution in [0.5, 0.6) is 0 Å². The van der Waals surface area contributed by atoms with Gasteiger partial charge >= 0.3 is 0 Å². The molecule has 0 atom stereocenters. The molecule has 0 aliphatic carbocycles. The Labute approximate surface area is 190 Å². The molecule has 0 saturated heterocycles. The maximum atomic E-state index is 2.52. The van der Waals surface area contributed by atoms with Crippen molar-refractivity contribution in [3.8, 4) is 0 Å². The monoisotopic (exact) mass is 421 g/mol. The van der Waals surface area contributed by atoms with Gasteiger partial charge in [-0.15, -0.1) is 0 Å². The Kier molecular flexibility index (Phi) is 3.05. The number of benzene rings is 5. The van der Waals surface area contributed by atoms with Crippen LogP contribution in [0.3, 0.4) is 0 Å². The molecule has 3 heterocycles. The first-order valence-corrected chi connectivity index (χ1v) is 11.5. The van der Waals surface area contributed by atoms with Crippen molar-refractivity contribution in [3.63, 3.8) is 0 Å². The number of rotatable bonds is 0. The summed E-state index contributed by atoms with van der Waals surface area (Å²) in [5.41, 5.74) is 7.75. The van der Waals surface area contributed by atoms with Crippen molar-refractivity contribution < 1.29 is 4.57 Å². The van der Waals surface area contributed by atoms with Gasteiger partial charge in [-0.05, 0) is 46.8 Å². The minimum absolute atomic E-state index is 1.25. The number of hydrogen-bond donors (Lipinski definition) is 0. The number of fused-ring (bicyclic) bond motifs is 10. The van der Waals surface area contributed by atoms with Crippen LogP contribution in [0.2, 0.25) is 0 Å². The molecule has 154 valence electrons. The molecule has 8 rings (SSSR count). The van der Waals surface area contributed by atoms with Crippen molar-refractivity contribution in [1.29, 1.82) is 0 Å². The molecule has 0 amide bonds. The van der Waals surface area contributed by atoms with E-state index < -0.39 is 0 Å². The summed E-state index contributed by atoms with van der Waals surface area (Å²) < 4.78 is 4.92. The van der Waals surface area contributed by atoms with E-state index in [1.54, 1.807) is 0 Å². The van der Waals surface area contributed by atoms with Gasteiger partial charge < -0.3 is 4.40 Å². The molecule has 0 fully saturated rings. The maximum absolute atomic E-state index is 2.52. The van der Waals surface area contributed by atoms with Gasteiger partial charge in [0.15, 0.2) is 0 Å². The standard InChI is InChI=1S/C31H21N2/c1-18-15-16-22-20-10-4-5-11-21(20)28-23-12-6-8-14-25(23)33-26-17-19-9-3-7-13-24(19)32(2)30(26)27(18)29(22)31(28)33/h3-17H,1-2H3/q+1. The van der Waals surface area contributed by atoms with Gasteiger partial charge in [0, 0.05) is 27.6 Å². The summed E-state index contributed by atoms with van der Waals surface area (Å²) in [6.45, 7) is 2.26. The lowest BCUT2D eigenvalue weighted by atomic mass is 9.92. The largest absolute Gasteiger partial charge is 0.303 e. The van der Waals surface area contributed by atoms with E-state index >= 15 is 0 Å². The highest BCUT2D eigenvalue weighted by atomic mass is 15.0. The van der Waals surface area contributed by atoms with Crippen molar-refractivity contribution >= 4 is 70.7 Å². The predicted octanol–water partition coefficient (Wildman–Crippen LogP) is 7.43. The molecule has 0 N–H and O–H groups in total. The Morgan fingerprint density at radius 2 is 1.30 bits per heavy atom. The highest BCUT2D eigenvalue weighted by Gasteiger charge is 2.26. The van der Waals surface area contributed by atoms with E-state index in [1.807, 2.05) is 0 Å². The van der Waals surface area contributed by atoms with Crippen LogP contribution in [0.15, 0.2) is 91.0 Å². The summed E-state index contributed by atoms with van der Waals surface area (Å²) >= 11 is 0. The van der Waals surface area contributed by atoms with E-state index in [4.69, 9.17) is 0 Å². The Bertz CT molecular complexity index is 2090. The molecule has 2 heteroatoms. The molecule has 0 spiro atoms. The lowest BCUT2D eigenvalue weighted by molar-refractivity contribution is -0.616. The Morgan fingerprint density at radius 1 is 0.606 bits per heavy atom. The van der Waals surface area contributed by atoms with Crippen molar-refractivity contribution in [3.05, 3.63) is 96.6 Å². The predicted molar refractivity (Wildman–Crippen MR) is 140 cm³/mol. The van der Waals surface area contributed by atoms with E-state index in [-0.39, 0.29) is 0 Å². The summed E-state index contributed by atoms with van der Waals surface area (Å²) in [5.74, 6) is 0. The first-order chi connectivity index (χ1) is 16.2. The van der Waals surface area contributed by atoms with Crippen LogP contribution in [-0.4, -0.2) is 4.40 Å². The van der Waals surface area contributed by atoms with Gasteiger partial charge in [-0.1, -0.05) is 66.7 Å². The molecule has 0 saturated carbocycles. The van der Waals surface area contributed by atoms with Gasteiger partial charge in [0.1, 0.15) is 12.6 Å². The van der Waals surface area contributed by atoms with Gasteiger partial charge in [-0.25, -0.2) is 0 Å². The third kappa shape index (κ3) is 1.94. The summed E-state index contributed by atoms with van der Waals surface area (Å²) in [7, 11) is 2.22. The molecule has 0 aliphatic heterocycles. The summed E-state index contributed by atoms with van der Waals surface area (Å²) in [6, 6.07) is 33.5. The van der Waals surface area contributed by atoms with Gasteiger partial charge in [0.05, 0.1) is 16.4 Å². The lowest BCUT2D eigenvalue weighted by Crippen LogP contribution is -2.31. The van der Waals surface area contributed by atoms with Crippen molar-refractivity contribution in [2.24, 2.45) is 7.05 Å². The van der Waals surface area contributed by atoms with E-state index in [2.05, 4.69) is 114 Å². The van der Waals surface area contributed by atoms with E-state index in [0.717, 1.165) is 0 Å². The number of aromatic nitrogens is 2. The van der Waals surface area contributed by atoms with Crippen molar-refractivity contribution in [2.75, 3.05) is 0 Å². The summed E-state index contributed by atoms with van der Waals surface area (Å²) in [4.78, 5) is 0. The van der Waals surface area contributed by atoms with E-state index in [0.29, 0.717) is 0 Å². The Balaban J connectivity index is 1.90. The van der Waals surface area contributed by atoms with Gasteiger partial charge in [-0.3, -0.25) is 0 Å². The Hall–Kier alpha value is -4.17. The van der Waals surface area contributed by atoms with Crippen LogP contribution in [0.1, 0.15) is 5.56 Å². The third-order valence-electron chi connectivity index (χ3n) is 7.66. The highest BCUT2D eigenvalue weighted by Crippen LogP contribution is 2.46. The molecular weight excluding hydrogens is 400 g/mol. The summed E-state index contributed by atoms with van der Waals surface area (Å²) in [6.07, 6.45) is 0. The number of hydrogen-bond acceptors (Lipinski definition) is 0. The molecule has 8 aromatic rings. The number of pyridine rings is 2. The molecular formula is C31H21N2+. The van der Waals surface area contributed by atoms with Gasteiger partial charge in [-0.2, -0.15) is 4.57 Å². The average molecular weight is 422 g/mol. The summed E-state index contributed by atoms with van der Waals surface area (Å²) in [5, 5.41) is 10.7. The van der Waals surface area contributed by atoms with E-state index in [1.165, 1.54) is 76.2 Å². The van der Waals surface area contributed by atoms with Gasteiger partial charge in [0.25, 0.3) is 0 Å². The van der Waals surface area contributed by atoms with Crippen LogP contribution in [0, 0.1) is 6.92 Å². The third-order valence-corrected chi connectivity index (χ3v) is 7.66. The number of para-hydroxylation sites is 2. The smallest absolute Gasteiger partial charge is 0.238 e. The zero-order valence-electron chi connectivity index (χ0n) is 18.6. The topological polar surface area (TPSA) is 8.29 Å². The molecule has 0 bridgehead atoms. The normalized spacial score (nSPS) is 12.5. The number of nitrogens with zero attached hydrogens (tertiary/aromatic N) is 2. The quantitative estimate of drug-likeness (QED) is 0.137. The minimum atomic E-state index is 1.25. The molecule has 0 aliphatic rings. The zero-order valence-corrected chi connectivity index (χ0v) is 18.6. The fourth-order valence-electron chi connectivity index (χ4n) is 6.31. The van der Waals surface area contributed by atoms with Crippen molar-refractivity contribution in [2.45, 2.75) is 6.92 Å². The fraction of sp³-hybridized carbons (Fsp3) is 0.0645. The first kappa shape index (κ1) is 17.4. The maximum Gasteiger partial charge on any atom is 0.238 e. The minimum Gasteiger partial charge on any atom is -0.303 e. The van der Waals surface area contributed by atoms with Crippen LogP contribution in [-0.2, 0) is 7.05 Å². The second kappa shape index (κ2) is 5.79. The molecule has 5 aromatic carbocycles. The fourth-order valence-corrected chi connectivity index (χ4v) is 6.31.